The lowest BCUT2D eigenvalue weighted by molar-refractivity contribution is 0.227. The topological polar surface area (TPSA) is 24.5 Å². The molecule has 3 nitrogen and oxygen atoms in total. The summed E-state index contributed by atoms with van der Waals surface area (Å²) in [6, 6.07) is 7.43. The SMILES string of the molecule is CCCN1CCC(CNC)C1c1ccc2c(c1)CCO2. The van der Waals surface area contributed by atoms with Crippen LogP contribution < -0.4 is 10.1 Å². The van der Waals surface area contributed by atoms with Crippen molar-refractivity contribution in [1.82, 2.24) is 10.2 Å². The number of nitrogens with one attached hydrogen (secondary N) is 1. The molecule has 1 aromatic rings. The fourth-order valence-electron chi connectivity index (χ4n) is 3.81. The van der Waals surface area contributed by atoms with Gasteiger partial charge in [-0.15, -0.1) is 0 Å². The second-order valence-electron chi connectivity index (χ2n) is 6.05. The maximum absolute atomic E-state index is 5.64. The summed E-state index contributed by atoms with van der Waals surface area (Å²) < 4.78 is 5.64. The average molecular weight is 274 g/mol. The smallest absolute Gasteiger partial charge is 0.122 e. The highest BCUT2D eigenvalue weighted by atomic mass is 16.5. The normalized spacial score (nSPS) is 25.7. The quantitative estimate of drug-likeness (QED) is 0.893. The summed E-state index contributed by atoms with van der Waals surface area (Å²) in [5.41, 5.74) is 2.88. The summed E-state index contributed by atoms with van der Waals surface area (Å²) in [6.07, 6.45) is 3.61. The van der Waals surface area contributed by atoms with E-state index in [1.165, 1.54) is 37.1 Å². The van der Waals surface area contributed by atoms with Crippen LogP contribution in [0.15, 0.2) is 18.2 Å². The van der Waals surface area contributed by atoms with E-state index >= 15 is 0 Å². The maximum atomic E-state index is 5.64. The molecule has 0 amide bonds. The summed E-state index contributed by atoms with van der Waals surface area (Å²) >= 11 is 0. The van der Waals surface area contributed by atoms with Gasteiger partial charge in [0.1, 0.15) is 5.75 Å². The molecule has 2 aliphatic heterocycles. The van der Waals surface area contributed by atoms with Crippen LogP contribution in [-0.4, -0.2) is 38.2 Å². The van der Waals surface area contributed by atoms with E-state index in [4.69, 9.17) is 4.74 Å². The summed E-state index contributed by atoms with van der Waals surface area (Å²) in [4.78, 5) is 2.67. The van der Waals surface area contributed by atoms with Gasteiger partial charge in [0.25, 0.3) is 0 Å². The highest BCUT2D eigenvalue weighted by Crippen LogP contribution is 2.39. The molecule has 2 atom stereocenters. The first-order chi connectivity index (χ1) is 9.83. The maximum Gasteiger partial charge on any atom is 0.122 e. The van der Waals surface area contributed by atoms with Gasteiger partial charge in [0.2, 0.25) is 0 Å². The summed E-state index contributed by atoms with van der Waals surface area (Å²) in [7, 11) is 2.07. The molecule has 0 aliphatic carbocycles. The molecule has 1 aromatic carbocycles. The molecule has 2 unspecified atom stereocenters. The van der Waals surface area contributed by atoms with Gasteiger partial charge < -0.3 is 10.1 Å². The molecule has 0 spiro atoms. The van der Waals surface area contributed by atoms with Crippen molar-refractivity contribution in [3.05, 3.63) is 29.3 Å². The fraction of sp³-hybridized carbons (Fsp3) is 0.647. The zero-order valence-electron chi connectivity index (χ0n) is 12.7. The molecule has 2 aliphatic rings. The van der Waals surface area contributed by atoms with Crippen LogP contribution in [-0.2, 0) is 6.42 Å². The van der Waals surface area contributed by atoms with Gasteiger partial charge in [0.05, 0.1) is 6.61 Å². The first-order valence-electron chi connectivity index (χ1n) is 7.97. The van der Waals surface area contributed by atoms with E-state index in [2.05, 4.69) is 42.4 Å². The van der Waals surface area contributed by atoms with Crippen LogP contribution >= 0.6 is 0 Å². The summed E-state index contributed by atoms with van der Waals surface area (Å²) in [6.45, 7) is 6.68. The van der Waals surface area contributed by atoms with E-state index in [0.29, 0.717) is 6.04 Å². The molecule has 1 N–H and O–H groups in total. The zero-order valence-corrected chi connectivity index (χ0v) is 12.7. The Morgan fingerprint density at radius 1 is 1.40 bits per heavy atom. The van der Waals surface area contributed by atoms with Crippen molar-refractivity contribution in [2.45, 2.75) is 32.2 Å². The lowest BCUT2D eigenvalue weighted by atomic mass is 9.92. The van der Waals surface area contributed by atoms with Crippen LogP contribution in [0.5, 0.6) is 5.75 Å². The van der Waals surface area contributed by atoms with Gasteiger partial charge in [0, 0.05) is 12.5 Å². The third-order valence-corrected chi connectivity index (χ3v) is 4.66. The molecule has 3 heteroatoms. The van der Waals surface area contributed by atoms with Crippen molar-refractivity contribution in [3.63, 3.8) is 0 Å². The minimum atomic E-state index is 0.577. The molecule has 3 rings (SSSR count). The molecule has 20 heavy (non-hydrogen) atoms. The Balaban J connectivity index is 1.86. The average Bonchev–Trinajstić information content (AvgIpc) is 3.06. The van der Waals surface area contributed by atoms with Crippen molar-refractivity contribution in [3.8, 4) is 5.75 Å². The van der Waals surface area contributed by atoms with Gasteiger partial charge in [-0.2, -0.15) is 0 Å². The van der Waals surface area contributed by atoms with E-state index in [9.17, 15) is 0 Å². The van der Waals surface area contributed by atoms with Gasteiger partial charge in [-0.1, -0.05) is 19.1 Å². The van der Waals surface area contributed by atoms with E-state index in [1.807, 2.05) is 0 Å². The van der Waals surface area contributed by atoms with Gasteiger partial charge in [-0.25, -0.2) is 0 Å². The number of rotatable bonds is 5. The molecule has 110 valence electrons. The number of likely N-dealkylation sites (tertiary alicyclic amines) is 1. The number of fused-ring (bicyclic) bond motifs is 1. The van der Waals surface area contributed by atoms with Crippen LogP contribution in [0.4, 0.5) is 0 Å². The Bertz CT molecular complexity index is 446. The molecule has 0 bridgehead atoms. The number of ether oxygens (including phenoxy) is 1. The van der Waals surface area contributed by atoms with Crippen LogP contribution in [0.2, 0.25) is 0 Å². The number of benzene rings is 1. The number of hydrogen-bond donors (Lipinski definition) is 1. The van der Waals surface area contributed by atoms with Crippen LogP contribution in [0.1, 0.15) is 36.9 Å². The van der Waals surface area contributed by atoms with E-state index in [0.717, 1.165) is 31.2 Å². The van der Waals surface area contributed by atoms with Crippen LogP contribution in [0, 0.1) is 5.92 Å². The first-order valence-corrected chi connectivity index (χ1v) is 7.97. The summed E-state index contributed by atoms with van der Waals surface area (Å²) in [5.74, 6) is 1.82. The minimum absolute atomic E-state index is 0.577. The molecule has 0 aromatic heterocycles. The monoisotopic (exact) mass is 274 g/mol. The fourth-order valence-corrected chi connectivity index (χ4v) is 3.81. The van der Waals surface area contributed by atoms with E-state index < -0.39 is 0 Å². The number of nitrogens with zero attached hydrogens (tertiary/aromatic N) is 1. The molecular weight excluding hydrogens is 248 g/mol. The first kappa shape index (κ1) is 13.9. The Morgan fingerprint density at radius 2 is 2.30 bits per heavy atom. The summed E-state index contributed by atoms with van der Waals surface area (Å²) in [5, 5.41) is 3.37. The van der Waals surface area contributed by atoms with Crippen molar-refractivity contribution in [1.29, 1.82) is 0 Å². The second kappa shape index (κ2) is 6.15. The molecule has 2 heterocycles. The molecular formula is C17H26N2O. The van der Waals surface area contributed by atoms with Crippen LogP contribution in [0.3, 0.4) is 0 Å². The predicted octanol–water partition coefficient (Wildman–Crippen LogP) is 2.61. The minimum Gasteiger partial charge on any atom is -0.493 e. The molecule has 1 saturated heterocycles. The van der Waals surface area contributed by atoms with Crippen molar-refractivity contribution < 1.29 is 4.74 Å². The standard InChI is InChI=1S/C17H26N2O/c1-3-8-19-9-6-15(12-18-2)17(19)14-4-5-16-13(11-14)7-10-20-16/h4-5,11,15,17-18H,3,6-10,12H2,1-2H3. The highest BCUT2D eigenvalue weighted by Gasteiger charge is 2.34. The second-order valence-corrected chi connectivity index (χ2v) is 6.05. The Morgan fingerprint density at radius 3 is 3.10 bits per heavy atom. The van der Waals surface area contributed by atoms with Gasteiger partial charge in [-0.3, -0.25) is 4.90 Å². The van der Waals surface area contributed by atoms with E-state index in [-0.39, 0.29) is 0 Å². The number of hydrogen-bond acceptors (Lipinski definition) is 3. The molecule has 0 saturated carbocycles. The lowest BCUT2D eigenvalue weighted by Gasteiger charge is -2.28. The van der Waals surface area contributed by atoms with Crippen molar-refractivity contribution in [2.75, 3.05) is 33.3 Å². The third kappa shape index (κ3) is 2.57. The Hall–Kier alpha value is -1.06. The Kier molecular flexibility index (Phi) is 4.27. The predicted molar refractivity (Wildman–Crippen MR) is 82.3 cm³/mol. The largest absolute Gasteiger partial charge is 0.493 e. The zero-order chi connectivity index (χ0) is 13.9. The molecule has 1 fully saturated rings. The van der Waals surface area contributed by atoms with Crippen LogP contribution in [0.25, 0.3) is 0 Å². The molecule has 0 radical (unpaired) electrons. The van der Waals surface area contributed by atoms with Gasteiger partial charge in [0.15, 0.2) is 0 Å². The van der Waals surface area contributed by atoms with Gasteiger partial charge >= 0.3 is 0 Å². The van der Waals surface area contributed by atoms with Crippen molar-refractivity contribution >= 4 is 0 Å². The Labute approximate surface area is 122 Å². The van der Waals surface area contributed by atoms with Crippen molar-refractivity contribution in [2.24, 2.45) is 5.92 Å². The lowest BCUT2D eigenvalue weighted by Crippen LogP contribution is -2.29. The van der Waals surface area contributed by atoms with E-state index in [1.54, 1.807) is 0 Å². The highest BCUT2D eigenvalue weighted by molar-refractivity contribution is 5.41. The van der Waals surface area contributed by atoms with Gasteiger partial charge in [-0.05, 0) is 62.6 Å². The third-order valence-electron chi connectivity index (χ3n) is 4.66.